The molecule has 2 aromatic carbocycles. The van der Waals surface area contributed by atoms with Crippen molar-refractivity contribution in [3.05, 3.63) is 63.1 Å². The lowest BCUT2D eigenvalue weighted by molar-refractivity contribution is 0.559. The Hall–Kier alpha value is -1.83. The Morgan fingerprint density at radius 3 is 2.40 bits per heavy atom. The SMILES string of the molecule is N#Cc1cc(F)c(CNc2cccc(Cl)c2Cl)c(F)c1. The van der Waals surface area contributed by atoms with Crippen LogP contribution in [0.2, 0.25) is 10.0 Å². The van der Waals surface area contributed by atoms with Gasteiger partial charge in [0, 0.05) is 12.1 Å². The van der Waals surface area contributed by atoms with E-state index in [9.17, 15) is 8.78 Å². The van der Waals surface area contributed by atoms with Gasteiger partial charge in [0.05, 0.1) is 27.4 Å². The third kappa shape index (κ3) is 3.01. The van der Waals surface area contributed by atoms with Crippen LogP contribution in [-0.2, 0) is 6.54 Å². The van der Waals surface area contributed by atoms with Crippen LogP contribution >= 0.6 is 23.2 Å². The Balaban J connectivity index is 2.24. The van der Waals surface area contributed by atoms with Gasteiger partial charge >= 0.3 is 0 Å². The number of hydrogen-bond acceptors (Lipinski definition) is 2. The molecule has 0 aliphatic carbocycles. The van der Waals surface area contributed by atoms with Crippen molar-refractivity contribution in [3.63, 3.8) is 0 Å². The van der Waals surface area contributed by atoms with Crippen LogP contribution in [0.3, 0.4) is 0 Å². The summed E-state index contributed by atoms with van der Waals surface area (Å²) >= 11 is 11.8. The Morgan fingerprint density at radius 2 is 1.80 bits per heavy atom. The van der Waals surface area contributed by atoms with Gasteiger partial charge in [-0.25, -0.2) is 8.78 Å². The molecule has 0 heterocycles. The van der Waals surface area contributed by atoms with Crippen molar-refractivity contribution >= 4 is 28.9 Å². The van der Waals surface area contributed by atoms with E-state index in [1.807, 2.05) is 0 Å². The molecule has 0 atom stereocenters. The van der Waals surface area contributed by atoms with Crippen molar-refractivity contribution in [1.82, 2.24) is 0 Å². The van der Waals surface area contributed by atoms with Crippen LogP contribution in [-0.4, -0.2) is 0 Å². The largest absolute Gasteiger partial charge is 0.379 e. The fraction of sp³-hybridized carbons (Fsp3) is 0.0714. The van der Waals surface area contributed by atoms with Crippen LogP contribution in [0.25, 0.3) is 0 Å². The zero-order valence-electron chi connectivity index (χ0n) is 10.1. The zero-order valence-corrected chi connectivity index (χ0v) is 11.6. The Bertz CT molecular complexity index is 673. The van der Waals surface area contributed by atoms with E-state index in [1.54, 1.807) is 24.3 Å². The molecule has 102 valence electrons. The molecule has 0 saturated heterocycles. The molecule has 0 aromatic heterocycles. The molecule has 20 heavy (non-hydrogen) atoms. The van der Waals surface area contributed by atoms with Gasteiger partial charge in [0.2, 0.25) is 0 Å². The maximum atomic E-state index is 13.7. The summed E-state index contributed by atoms with van der Waals surface area (Å²) < 4.78 is 27.4. The highest BCUT2D eigenvalue weighted by atomic mass is 35.5. The van der Waals surface area contributed by atoms with Crippen molar-refractivity contribution in [3.8, 4) is 6.07 Å². The van der Waals surface area contributed by atoms with Crippen molar-refractivity contribution in [2.75, 3.05) is 5.32 Å². The topological polar surface area (TPSA) is 35.8 Å². The Kier molecular flexibility index (Phi) is 4.43. The number of nitrogens with zero attached hydrogens (tertiary/aromatic N) is 1. The second-order valence-corrected chi connectivity index (χ2v) is 4.77. The van der Waals surface area contributed by atoms with E-state index in [4.69, 9.17) is 28.5 Å². The fourth-order valence-electron chi connectivity index (χ4n) is 1.66. The van der Waals surface area contributed by atoms with Crippen LogP contribution in [0.5, 0.6) is 0 Å². The highest BCUT2D eigenvalue weighted by molar-refractivity contribution is 6.43. The molecule has 2 rings (SSSR count). The molecule has 2 nitrogen and oxygen atoms in total. The molecule has 2 aromatic rings. The van der Waals surface area contributed by atoms with Crippen LogP contribution in [0.15, 0.2) is 30.3 Å². The number of nitriles is 1. The first-order valence-corrected chi connectivity index (χ1v) is 6.34. The molecule has 0 fully saturated rings. The number of hydrogen-bond donors (Lipinski definition) is 1. The van der Waals surface area contributed by atoms with E-state index in [0.29, 0.717) is 10.7 Å². The minimum atomic E-state index is -0.785. The summed E-state index contributed by atoms with van der Waals surface area (Å²) in [4.78, 5) is 0. The van der Waals surface area contributed by atoms with Crippen molar-refractivity contribution in [2.45, 2.75) is 6.54 Å². The third-order valence-electron chi connectivity index (χ3n) is 2.68. The monoisotopic (exact) mass is 312 g/mol. The molecule has 0 unspecified atom stereocenters. The number of benzene rings is 2. The molecule has 0 radical (unpaired) electrons. The third-order valence-corrected chi connectivity index (χ3v) is 3.50. The first-order valence-electron chi connectivity index (χ1n) is 5.59. The number of rotatable bonds is 3. The normalized spacial score (nSPS) is 10.2. The second kappa shape index (κ2) is 6.08. The quantitative estimate of drug-likeness (QED) is 0.887. The van der Waals surface area contributed by atoms with E-state index < -0.39 is 11.6 Å². The molecular formula is C14H8Cl2F2N2. The van der Waals surface area contributed by atoms with E-state index >= 15 is 0 Å². The van der Waals surface area contributed by atoms with E-state index in [2.05, 4.69) is 5.32 Å². The van der Waals surface area contributed by atoms with Crippen molar-refractivity contribution in [1.29, 1.82) is 5.26 Å². The average molecular weight is 313 g/mol. The van der Waals surface area contributed by atoms with Gasteiger partial charge in [-0.3, -0.25) is 0 Å². The lowest BCUT2D eigenvalue weighted by Crippen LogP contribution is -2.05. The standard InChI is InChI=1S/C14H8Cl2F2N2/c15-10-2-1-3-13(14(10)16)20-7-9-11(17)4-8(6-19)5-12(9)18/h1-5,20H,7H2. The van der Waals surface area contributed by atoms with Crippen molar-refractivity contribution < 1.29 is 8.78 Å². The molecular weight excluding hydrogens is 305 g/mol. The van der Waals surface area contributed by atoms with Gasteiger partial charge in [-0.1, -0.05) is 29.3 Å². The first kappa shape index (κ1) is 14.6. The number of nitrogens with one attached hydrogen (secondary N) is 1. The Morgan fingerprint density at radius 1 is 1.15 bits per heavy atom. The predicted molar refractivity (Wildman–Crippen MR) is 74.9 cm³/mol. The Labute approximate surface area is 124 Å². The van der Waals surface area contributed by atoms with Gasteiger partial charge in [0.15, 0.2) is 0 Å². The number of halogens is 4. The summed E-state index contributed by atoms with van der Waals surface area (Å²) in [6.07, 6.45) is 0. The maximum absolute atomic E-state index is 13.7. The molecule has 0 spiro atoms. The van der Waals surface area contributed by atoms with E-state index in [1.165, 1.54) is 0 Å². The summed E-state index contributed by atoms with van der Waals surface area (Å²) in [7, 11) is 0. The van der Waals surface area contributed by atoms with Crippen LogP contribution in [0, 0.1) is 23.0 Å². The van der Waals surface area contributed by atoms with E-state index in [0.717, 1.165) is 12.1 Å². The lowest BCUT2D eigenvalue weighted by Gasteiger charge is -2.11. The zero-order chi connectivity index (χ0) is 14.7. The summed E-state index contributed by atoms with van der Waals surface area (Å²) in [5.74, 6) is -1.57. The summed E-state index contributed by atoms with van der Waals surface area (Å²) in [5.41, 5.74) is 0.243. The smallest absolute Gasteiger partial charge is 0.132 e. The van der Waals surface area contributed by atoms with Crippen LogP contribution in [0.4, 0.5) is 14.5 Å². The van der Waals surface area contributed by atoms with Crippen LogP contribution in [0.1, 0.15) is 11.1 Å². The minimum Gasteiger partial charge on any atom is -0.379 e. The summed E-state index contributed by atoms with van der Waals surface area (Å²) in [5, 5.41) is 12.1. The van der Waals surface area contributed by atoms with Crippen LogP contribution < -0.4 is 5.32 Å². The highest BCUT2D eigenvalue weighted by Gasteiger charge is 2.12. The van der Waals surface area contributed by atoms with Gasteiger partial charge in [-0.15, -0.1) is 0 Å². The van der Waals surface area contributed by atoms with Crippen molar-refractivity contribution in [2.24, 2.45) is 0 Å². The highest BCUT2D eigenvalue weighted by Crippen LogP contribution is 2.30. The first-order chi connectivity index (χ1) is 9.52. The molecule has 0 aliphatic heterocycles. The van der Waals surface area contributed by atoms with Gasteiger partial charge in [0.25, 0.3) is 0 Å². The molecule has 1 N–H and O–H groups in total. The molecule has 0 amide bonds. The average Bonchev–Trinajstić information content (AvgIpc) is 2.42. The summed E-state index contributed by atoms with van der Waals surface area (Å²) in [6.45, 7) is -0.108. The molecule has 0 aliphatic rings. The molecule has 0 bridgehead atoms. The van der Waals surface area contributed by atoms with Gasteiger partial charge in [-0.05, 0) is 24.3 Å². The van der Waals surface area contributed by atoms with Gasteiger partial charge in [0.1, 0.15) is 11.6 Å². The van der Waals surface area contributed by atoms with Gasteiger partial charge in [-0.2, -0.15) is 5.26 Å². The summed E-state index contributed by atoms with van der Waals surface area (Å²) in [6, 6.07) is 8.58. The minimum absolute atomic E-state index is 0.0652. The molecule has 0 saturated carbocycles. The van der Waals surface area contributed by atoms with E-state index in [-0.39, 0.29) is 22.7 Å². The van der Waals surface area contributed by atoms with Gasteiger partial charge < -0.3 is 5.32 Å². The molecule has 6 heteroatoms. The second-order valence-electron chi connectivity index (χ2n) is 3.99. The predicted octanol–water partition coefficient (Wildman–Crippen LogP) is 4.76. The number of anilines is 1. The fourth-order valence-corrected chi connectivity index (χ4v) is 2.03. The maximum Gasteiger partial charge on any atom is 0.132 e. The lowest BCUT2D eigenvalue weighted by atomic mass is 10.1.